The van der Waals surface area contributed by atoms with Gasteiger partial charge >= 0.3 is 0 Å². The topological polar surface area (TPSA) is 45.2 Å². The molecule has 2 aliphatic rings. The fourth-order valence-electron chi connectivity index (χ4n) is 4.32. The number of hydrogen-bond donors (Lipinski definition) is 0. The number of carbonyl (C=O) groups excluding carboxylic acids is 1. The van der Waals surface area contributed by atoms with Crippen molar-refractivity contribution in [1.82, 2.24) is 9.80 Å². The summed E-state index contributed by atoms with van der Waals surface area (Å²) in [6.07, 6.45) is 0. The van der Waals surface area contributed by atoms with Crippen LogP contribution in [-0.2, 0) is 9.53 Å². The molecule has 0 radical (unpaired) electrons. The number of anilines is 1. The minimum absolute atomic E-state index is 0.188. The smallest absolute Gasteiger partial charge is 0.244 e. The van der Waals surface area contributed by atoms with Crippen molar-refractivity contribution in [1.29, 1.82) is 0 Å². The Hall–Kier alpha value is -2.57. The Morgan fingerprint density at radius 1 is 0.933 bits per heavy atom. The van der Waals surface area contributed by atoms with E-state index in [2.05, 4.69) is 34.1 Å². The molecule has 0 N–H and O–H groups in total. The van der Waals surface area contributed by atoms with Crippen LogP contribution in [-0.4, -0.2) is 74.8 Å². The lowest BCUT2D eigenvalue weighted by Gasteiger charge is -2.42. The number of morpholine rings is 1. The van der Waals surface area contributed by atoms with Gasteiger partial charge in [0.15, 0.2) is 0 Å². The van der Waals surface area contributed by atoms with Gasteiger partial charge in [0.2, 0.25) is 5.91 Å². The predicted molar refractivity (Wildman–Crippen MR) is 118 cm³/mol. The number of amides is 1. The van der Waals surface area contributed by atoms with Crippen LogP contribution in [0.15, 0.2) is 54.6 Å². The molecule has 2 aromatic carbocycles. The first-order chi connectivity index (χ1) is 14.8. The Morgan fingerprint density at radius 2 is 1.60 bits per heavy atom. The third-order valence-electron chi connectivity index (χ3n) is 5.86. The Bertz CT molecular complexity index is 815. The standard InChI is InChI=1S/C24H31N3O3/c1-2-30-22-11-7-6-10-21(22)25-12-14-26(15-13-25)23(20-8-4-3-5-9-20)24(28)27-16-18-29-19-17-27/h3-11,23H,2,12-19H2,1H3/t23-/m1/s1. The monoisotopic (exact) mass is 409 g/mol. The van der Waals surface area contributed by atoms with E-state index in [1.165, 1.54) is 0 Å². The summed E-state index contributed by atoms with van der Waals surface area (Å²) in [5.41, 5.74) is 2.20. The van der Waals surface area contributed by atoms with Crippen molar-refractivity contribution in [3.05, 3.63) is 60.2 Å². The number of carbonyl (C=O) groups is 1. The molecule has 0 unspecified atom stereocenters. The van der Waals surface area contributed by atoms with Gasteiger partial charge in [-0.3, -0.25) is 9.69 Å². The maximum Gasteiger partial charge on any atom is 0.244 e. The summed E-state index contributed by atoms with van der Waals surface area (Å²) < 4.78 is 11.3. The summed E-state index contributed by atoms with van der Waals surface area (Å²) in [5.74, 6) is 1.12. The van der Waals surface area contributed by atoms with Crippen LogP contribution in [0.3, 0.4) is 0 Å². The molecule has 1 amide bonds. The van der Waals surface area contributed by atoms with Gasteiger partial charge in [0.1, 0.15) is 11.8 Å². The van der Waals surface area contributed by atoms with Gasteiger partial charge in [-0.2, -0.15) is 0 Å². The average Bonchev–Trinajstić information content (AvgIpc) is 2.82. The molecule has 0 aromatic heterocycles. The highest BCUT2D eigenvalue weighted by atomic mass is 16.5. The zero-order chi connectivity index (χ0) is 20.8. The maximum absolute atomic E-state index is 13.5. The van der Waals surface area contributed by atoms with E-state index in [9.17, 15) is 4.79 Å². The number of para-hydroxylation sites is 2. The second kappa shape index (κ2) is 9.96. The summed E-state index contributed by atoms with van der Waals surface area (Å²) in [6, 6.07) is 18.1. The minimum atomic E-state index is -0.242. The lowest BCUT2D eigenvalue weighted by Crippen LogP contribution is -2.53. The van der Waals surface area contributed by atoms with Crippen molar-refractivity contribution in [2.75, 3.05) is 64.0 Å². The molecule has 2 aromatic rings. The molecule has 0 saturated carbocycles. The van der Waals surface area contributed by atoms with E-state index < -0.39 is 0 Å². The Balaban J connectivity index is 1.50. The number of rotatable bonds is 6. The summed E-state index contributed by atoms with van der Waals surface area (Å²) >= 11 is 0. The largest absolute Gasteiger partial charge is 0.492 e. The Kier molecular flexibility index (Phi) is 6.87. The van der Waals surface area contributed by atoms with Crippen molar-refractivity contribution >= 4 is 11.6 Å². The molecule has 4 rings (SSSR count). The Labute approximate surface area is 179 Å². The van der Waals surface area contributed by atoms with E-state index in [0.717, 1.165) is 43.2 Å². The fraction of sp³-hybridized carbons (Fsp3) is 0.458. The lowest BCUT2D eigenvalue weighted by molar-refractivity contribution is -0.141. The lowest BCUT2D eigenvalue weighted by atomic mass is 10.0. The minimum Gasteiger partial charge on any atom is -0.492 e. The summed E-state index contributed by atoms with van der Waals surface area (Å²) in [4.78, 5) is 20.1. The first-order valence-electron chi connectivity index (χ1n) is 10.9. The van der Waals surface area contributed by atoms with Gasteiger partial charge in [-0.05, 0) is 24.6 Å². The van der Waals surface area contributed by atoms with Gasteiger partial charge in [0, 0.05) is 39.3 Å². The van der Waals surface area contributed by atoms with Crippen LogP contribution >= 0.6 is 0 Å². The van der Waals surface area contributed by atoms with E-state index in [4.69, 9.17) is 9.47 Å². The van der Waals surface area contributed by atoms with Crippen LogP contribution in [0.5, 0.6) is 5.75 Å². The molecular formula is C24H31N3O3. The molecule has 160 valence electrons. The quantitative estimate of drug-likeness (QED) is 0.734. The first-order valence-corrected chi connectivity index (χ1v) is 10.9. The van der Waals surface area contributed by atoms with E-state index in [0.29, 0.717) is 32.9 Å². The van der Waals surface area contributed by atoms with Crippen molar-refractivity contribution < 1.29 is 14.3 Å². The third-order valence-corrected chi connectivity index (χ3v) is 5.86. The SMILES string of the molecule is CCOc1ccccc1N1CCN([C@@H](C(=O)N2CCOCC2)c2ccccc2)CC1. The number of ether oxygens (including phenoxy) is 2. The highest BCUT2D eigenvalue weighted by molar-refractivity contribution is 5.83. The predicted octanol–water partition coefficient (Wildman–Crippen LogP) is 2.81. The molecule has 0 bridgehead atoms. The molecule has 2 heterocycles. The van der Waals surface area contributed by atoms with Gasteiger partial charge in [-0.25, -0.2) is 0 Å². The first kappa shape index (κ1) is 20.7. The highest BCUT2D eigenvalue weighted by Crippen LogP contribution is 2.31. The van der Waals surface area contributed by atoms with E-state index >= 15 is 0 Å². The molecule has 0 aliphatic carbocycles. The summed E-state index contributed by atoms with van der Waals surface area (Å²) in [6.45, 7) is 8.63. The van der Waals surface area contributed by atoms with Gasteiger partial charge in [-0.15, -0.1) is 0 Å². The molecule has 2 aliphatic heterocycles. The zero-order valence-corrected chi connectivity index (χ0v) is 17.7. The summed E-state index contributed by atoms with van der Waals surface area (Å²) in [5, 5.41) is 0. The van der Waals surface area contributed by atoms with Crippen molar-refractivity contribution in [2.45, 2.75) is 13.0 Å². The average molecular weight is 410 g/mol. The van der Waals surface area contributed by atoms with Gasteiger partial charge in [0.25, 0.3) is 0 Å². The van der Waals surface area contributed by atoms with E-state index in [1.54, 1.807) is 0 Å². The molecule has 2 fully saturated rings. The van der Waals surface area contributed by atoms with Gasteiger partial charge in [-0.1, -0.05) is 42.5 Å². The molecule has 6 heteroatoms. The van der Waals surface area contributed by atoms with Crippen LogP contribution < -0.4 is 9.64 Å². The number of nitrogens with zero attached hydrogens (tertiary/aromatic N) is 3. The molecule has 6 nitrogen and oxygen atoms in total. The van der Waals surface area contributed by atoms with Crippen molar-refractivity contribution in [3.8, 4) is 5.75 Å². The molecular weight excluding hydrogens is 378 g/mol. The molecule has 1 atom stereocenters. The second-order valence-electron chi connectivity index (χ2n) is 7.67. The van der Waals surface area contributed by atoms with Crippen LogP contribution in [0.25, 0.3) is 0 Å². The molecule has 30 heavy (non-hydrogen) atoms. The van der Waals surface area contributed by atoms with Gasteiger partial charge < -0.3 is 19.3 Å². The number of hydrogen-bond acceptors (Lipinski definition) is 5. The Morgan fingerprint density at radius 3 is 2.30 bits per heavy atom. The fourth-order valence-corrected chi connectivity index (χ4v) is 4.32. The van der Waals surface area contributed by atoms with E-state index in [1.807, 2.05) is 42.2 Å². The molecule has 2 saturated heterocycles. The van der Waals surface area contributed by atoms with Crippen LogP contribution in [0.2, 0.25) is 0 Å². The van der Waals surface area contributed by atoms with Crippen LogP contribution in [0, 0.1) is 0 Å². The van der Waals surface area contributed by atoms with E-state index in [-0.39, 0.29) is 11.9 Å². The van der Waals surface area contributed by atoms with Crippen LogP contribution in [0.4, 0.5) is 5.69 Å². The van der Waals surface area contributed by atoms with Crippen molar-refractivity contribution in [2.24, 2.45) is 0 Å². The third kappa shape index (κ3) is 4.60. The number of benzene rings is 2. The normalized spacial score (nSPS) is 18.8. The van der Waals surface area contributed by atoms with Crippen molar-refractivity contribution in [3.63, 3.8) is 0 Å². The second-order valence-corrected chi connectivity index (χ2v) is 7.67. The maximum atomic E-state index is 13.5. The molecule has 0 spiro atoms. The van der Waals surface area contributed by atoms with Gasteiger partial charge in [0.05, 0.1) is 25.5 Å². The van der Waals surface area contributed by atoms with Crippen LogP contribution in [0.1, 0.15) is 18.5 Å². The number of piperazine rings is 1. The highest BCUT2D eigenvalue weighted by Gasteiger charge is 2.34. The zero-order valence-electron chi connectivity index (χ0n) is 17.7. The summed E-state index contributed by atoms with van der Waals surface area (Å²) in [7, 11) is 0.